The highest BCUT2D eigenvalue weighted by atomic mass is 19.1. The van der Waals surface area contributed by atoms with E-state index in [1.807, 2.05) is 0 Å². The van der Waals surface area contributed by atoms with E-state index >= 15 is 0 Å². The van der Waals surface area contributed by atoms with Crippen molar-refractivity contribution in [2.24, 2.45) is 0 Å². The zero-order valence-electron chi connectivity index (χ0n) is 10.2. The molecule has 0 saturated carbocycles. The molecule has 0 bridgehead atoms. The molecule has 20 heavy (non-hydrogen) atoms. The molecule has 4 N–H and O–H groups in total. The van der Waals surface area contributed by atoms with Crippen molar-refractivity contribution in [2.75, 3.05) is 12.3 Å². The number of ether oxygens (including phenoxy) is 1. The first-order valence-electron chi connectivity index (χ1n) is 5.85. The first-order chi connectivity index (χ1) is 9.67. The van der Waals surface area contributed by atoms with Crippen molar-refractivity contribution in [3.8, 4) is 0 Å². The van der Waals surface area contributed by atoms with Gasteiger partial charge in [-0.2, -0.15) is 0 Å². The van der Waals surface area contributed by atoms with Crippen LogP contribution in [0.15, 0.2) is 24.6 Å². The number of aliphatic hydroxyl groups is 2. The first-order valence-corrected chi connectivity index (χ1v) is 5.85. The van der Waals surface area contributed by atoms with Crippen LogP contribution in [0.5, 0.6) is 0 Å². The molecule has 1 aliphatic heterocycles. The normalized spacial score (nSPS) is 28.6. The smallest absolute Gasteiger partial charge is 0.167 e. The van der Waals surface area contributed by atoms with E-state index in [-0.39, 0.29) is 17.7 Å². The van der Waals surface area contributed by atoms with Crippen molar-refractivity contribution >= 4 is 17.0 Å². The monoisotopic (exact) mass is 281 g/mol. The number of rotatable bonds is 2. The van der Waals surface area contributed by atoms with Gasteiger partial charge in [-0.15, -0.1) is 0 Å². The van der Waals surface area contributed by atoms with E-state index in [1.165, 1.54) is 17.2 Å². The molecule has 2 aromatic heterocycles. The van der Waals surface area contributed by atoms with Crippen LogP contribution in [0.1, 0.15) is 6.23 Å². The summed E-state index contributed by atoms with van der Waals surface area (Å²) >= 11 is 0. The molecule has 1 saturated heterocycles. The fourth-order valence-electron chi connectivity index (χ4n) is 2.21. The quantitative estimate of drug-likeness (QED) is 0.679. The van der Waals surface area contributed by atoms with Crippen LogP contribution >= 0.6 is 0 Å². The summed E-state index contributed by atoms with van der Waals surface area (Å²) in [5.74, 6) is 0.191. The van der Waals surface area contributed by atoms with E-state index in [9.17, 15) is 9.50 Å². The van der Waals surface area contributed by atoms with Gasteiger partial charge in [0, 0.05) is 5.57 Å². The van der Waals surface area contributed by atoms with Crippen LogP contribution in [0.4, 0.5) is 10.2 Å². The Balaban J connectivity index is 2.09. The van der Waals surface area contributed by atoms with Gasteiger partial charge in [-0.3, -0.25) is 4.57 Å². The van der Waals surface area contributed by atoms with Gasteiger partial charge in [-0.25, -0.2) is 19.3 Å². The van der Waals surface area contributed by atoms with Gasteiger partial charge in [-0.1, -0.05) is 0 Å². The van der Waals surface area contributed by atoms with Crippen molar-refractivity contribution < 1.29 is 19.3 Å². The minimum Gasteiger partial charge on any atom is -0.394 e. The SMILES string of the molecule is Nc1ncnc2c1ncn2[C@@H]1O[C@H](CO)C(O)/C1=C/F. The highest BCUT2D eigenvalue weighted by molar-refractivity contribution is 5.81. The number of aliphatic hydroxyl groups excluding tert-OH is 2. The standard InChI is InChI=1S/C11H12FN5O3/c12-1-5-8(19)6(2-18)20-11(5)17-4-16-7-9(13)14-3-15-10(7)17/h1,3-4,6,8,11,18-19H,2H2,(H2,13,14,15)/b5-1-/t6-,8?,11-/m1/s1. The van der Waals surface area contributed by atoms with Crippen molar-refractivity contribution in [1.82, 2.24) is 19.5 Å². The van der Waals surface area contributed by atoms with E-state index in [2.05, 4.69) is 15.0 Å². The second kappa shape index (κ2) is 4.78. The lowest BCUT2D eigenvalue weighted by Crippen LogP contribution is -2.25. The topological polar surface area (TPSA) is 119 Å². The van der Waals surface area contributed by atoms with Gasteiger partial charge in [0.1, 0.15) is 24.1 Å². The van der Waals surface area contributed by atoms with Crippen molar-refractivity contribution in [3.05, 3.63) is 24.6 Å². The van der Waals surface area contributed by atoms with E-state index < -0.39 is 25.0 Å². The predicted octanol–water partition coefficient (Wildman–Crippen LogP) is -0.488. The molecule has 8 nitrogen and oxygen atoms in total. The molecule has 0 aromatic carbocycles. The van der Waals surface area contributed by atoms with Gasteiger partial charge in [-0.05, 0) is 0 Å². The van der Waals surface area contributed by atoms with Crippen LogP contribution in [-0.2, 0) is 4.74 Å². The highest BCUT2D eigenvalue weighted by Crippen LogP contribution is 2.36. The van der Waals surface area contributed by atoms with E-state index in [1.54, 1.807) is 0 Å². The summed E-state index contributed by atoms with van der Waals surface area (Å²) in [6.45, 7) is -0.432. The second-order valence-corrected chi connectivity index (χ2v) is 4.35. The summed E-state index contributed by atoms with van der Waals surface area (Å²) in [7, 11) is 0. The number of anilines is 1. The number of fused-ring (bicyclic) bond motifs is 1. The summed E-state index contributed by atoms with van der Waals surface area (Å²) in [5, 5.41) is 19.0. The number of aromatic nitrogens is 4. The number of nitrogens with two attached hydrogens (primary N) is 1. The van der Waals surface area contributed by atoms with E-state index in [0.29, 0.717) is 11.2 Å². The average Bonchev–Trinajstić information content (AvgIpc) is 3.00. The van der Waals surface area contributed by atoms with Crippen LogP contribution in [0.2, 0.25) is 0 Å². The zero-order chi connectivity index (χ0) is 14.3. The predicted molar refractivity (Wildman–Crippen MR) is 65.9 cm³/mol. The molecule has 3 atom stereocenters. The maximum absolute atomic E-state index is 13.0. The van der Waals surface area contributed by atoms with Gasteiger partial charge >= 0.3 is 0 Å². The third kappa shape index (κ3) is 1.75. The number of nitrogen functional groups attached to an aromatic ring is 1. The molecule has 1 aliphatic rings. The Kier molecular flexibility index (Phi) is 3.08. The van der Waals surface area contributed by atoms with Crippen molar-refractivity contribution in [3.63, 3.8) is 0 Å². The molecule has 106 valence electrons. The summed E-state index contributed by atoms with van der Waals surface area (Å²) in [4.78, 5) is 11.9. The van der Waals surface area contributed by atoms with Gasteiger partial charge in [0.25, 0.3) is 0 Å². The molecule has 3 rings (SSSR count). The zero-order valence-corrected chi connectivity index (χ0v) is 10.2. The molecule has 9 heteroatoms. The largest absolute Gasteiger partial charge is 0.394 e. The molecule has 3 heterocycles. The maximum Gasteiger partial charge on any atom is 0.167 e. The van der Waals surface area contributed by atoms with Crippen LogP contribution < -0.4 is 5.73 Å². The number of imidazole rings is 1. The summed E-state index contributed by atoms with van der Waals surface area (Å²) in [6, 6.07) is 0. The number of nitrogens with zero attached hydrogens (tertiary/aromatic N) is 4. The maximum atomic E-state index is 13.0. The van der Waals surface area contributed by atoms with Gasteiger partial charge < -0.3 is 20.7 Å². The molecular formula is C11H12FN5O3. The van der Waals surface area contributed by atoms with Gasteiger partial charge in [0.05, 0.1) is 19.3 Å². The summed E-state index contributed by atoms with van der Waals surface area (Å²) in [5.41, 5.74) is 6.37. The van der Waals surface area contributed by atoms with E-state index in [4.69, 9.17) is 15.6 Å². The Morgan fingerprint density at radius 2 is 2.25 bits per heavy atom. The molecule has 2 aromatic rings. The fraction of sp³-hybridized carbons (Fsp3) is 0.364. The minimum absolute atomic E-state index is 0.0134. The second-order valence-electron chi connectivity index (χ2n) is 4.35. The van der Waals surface area contributed by atoms with Crippen molar-refractivity contribution in [2.45, 2.75) is 18.4 Å². The number of hydrogen-bond acceptors (Lipinski definition) is 7. The third-order valence-electron chi connectivity index (χ3n) is 3.23. The third-order valence-corrected chi connectivity index (χ3v) is 3.23. The molecule has 1 fully saturated rings. The molecule has 0 spiro atoms. The van der Waals surface area contributed by atoms with Crippen LogP contribution in [0.3, 0.4) is 0 Å². The Hall–Kier alpha value is -2.10. The van der Waals surface area contributed by atoms with E-state index in [0.717, 1.165) is 0 Å². The molecule has 1 unspecified atom stereocenters. The highest BCUT2D eigenvalue weighted by Gasteiger charge is 2.40. The lowest BCUT2D eigenvalue weighted by Gasteiger charge is -2.13. The summed E-state index contributed by atoms with van der Waals surface area (Å²) in [6.07, 6.45) is -0.182. The Labute approximate surface area is 112 Å². The van der Waals surface area contributed by atoms with Crippen LogP contribution in [0.25, 0.3) is 11.2 Å². The lowest BCUT2D eigenvalue weighted by atomic mass is 10.1. The minimum atomic E-state index is -1.23. The average molecular weight is 281 g/mol. The van der Waals surface area contributed by atoms with Gasteiger partial charge in [0.2, 0.25) is 0 Å². The molecule has 0 radical (unpaired) electrons. The van der Waals surface area contributed by atoms with Crippen molar-refractivity contribution in [1.29, 1.82) is 0 Å². The Bertz CT molecular complexity index is 673. The number of halogens is 1. The Morgan fingerprint density at radius 3 is 2.95 bits per heavy atom. The first kappa shape index (κ1) is 12.9. The Morgan fingerprint density at radius 1 is 1.45 bits per heavy atom. The lowest BCUT2D eigenvalue weighted by molar-refractivity contribution is -0.0422. The molecule has 0 aliphatic carbocycles. The molecular weight excluding hydrogens is 269 g/mol. The number of hydrogen-bond donors (Lipinski definition) is 3. The van der Waals surface area contributed by atoms with Gasteiger partial charge in [0.15, 0.2) is 17.7 Å². The molecule has 0 amide bonds. The summed E-state index contributed by atoms with van der Waals surface area (Å²) < 4.78 is 19.9. The fourth-order valence-corrected chi connectivity index (χ4v) is 2.21. The van der Waals surface area contributed by atoms with Crippen LogP contribution in [-0.4, -0.2) is 48.5 Å². The van der Waals surface area contributed by atoms with Crippen LogP contribution in [0, 0.1) is 0 Å².